The van der Waals surface area contributed by atoms with E-state index in [0.29, 0.717) is 12.1 Å². The van der Waals surface area contributed by atoms with E-state index < -0.39 is 80.5 Å². The summed E-state index contributed by atoms with van der Waals surface area (Å²) >= 11 is 0. The Balaban J connectivity index is 1.62. The number of carbonyl (C=O) groups excluding carboxylic acids is 1. The Bertz CT molecular complexity index is 1650. The molecule has 3 aliphatic rings. The first-order valence-corrected chi connectivity index (χ1v) is 16.6. The number of hydrogen-bond acceptors (Lipinski definition) is 4. The van der Waals surface area contributed by atoms with Crippen LogP contribution in [0.1, 0.15) is 80.5 Å². The van der Waals surface area contributed by atoms with Crippen molar-refractivity contribution < 1.29 is 58.2 Å². The maximum absolute atomic E-state index is 15.1. The molecule has 1 amide bonds. The van der Waals surface area contributed by atoms with E-state index in [0.717, 1.165) is 11.6 Å². The van der Waals surface area contributed by atoms with Gasteiger partial charge in [-0.15, -0.1) is 0 Å². The number of carboxylic acids is 1. The van der Waals surface area contributed by atoms with Gasteiger partial charge in [0.15, 0.2) is 9.84 Å². The van der Waals surface area contributed by atoms with Gasteiger partial charge in [-0.05, 0) is 79.7 Å². The van der Waals surface area contributed by atoms with Crippen molar-refractivity contribution in [1.29, 1.82) is 0 Å². The third-order valence-electron chi connectivity index (χ3n) is 10.2. The summed E-state index contributed by atoms with van der Waals surface area (Å²) < 4.78 is 139. The van der Waals surface area contributed by atoms with Crippen LogP contribution in [0.25, 0.3) is 0 Å². The van der Waals surface area contributed by atoms with Crippen molar-refractivity contribution in [2.24, 2.45) is 5.92 Å². The van der Waals surface area contributed by atoms with Crippen LogP contribution in [0, 0.1) is 5.92 Å². The Hall–Kier alpha value is -3.23. The lowest BCUT2D eigenvalue weighted by molar-refractivity contribution is -0.348. The van der Waals surface area contributed by atoms with Crippen LogP contribution >= 0.6 is 0 Å². The summed E-state index contributed by atoms with van der Waals surface area (Å²) in [6, 6.07) is 6.30. The average molecular weight is 696 g/mol. The van der Waals surface area contributed by atoms with Crippen LogP contribution in [0.5, 0.6) is 0 Å². The van der Waals surface area contributed by atoms with Gasteiger partial charge in [-0.1, -0.05) is 44.2 Å². The molecule has 2 aliphatic carbocycles. The zero-order chi connectivity index (χ0) is 35.0. The Morgan fingerprint density at radius 2 is 1.47 bits per heavy atom. The first kappa shape index (κ1) is 35.1. The highest BCUT2D eigenvalue weighted by Crippen LogP contribution is 2.57. The molecule has 2 fully saturated rings. The van der Waals surface area contributed by atoms with Gasteiger partial charge in [-0.2, -0.15) is 26.3 Å². The fourth-order valence-electron chi connectivity index (χ4n) is 7.51. The molecule has 1 N–H and O–H groups in total. The van der Waals surface area contributed by atoms with Gasteiger partial charge < -0.3 is 10.0 Å². The van der Waals surface area contributed by atoms with Crippen molar-refractivity contribution in [2.45, 2.75) is 104 Å². The smallest absolute Gasteiger partial charge is 0.435 e. The van der Waals surface area contributed by atoms with Gasteiger partial charge in [0.1, 0.15) is 4.75 Å². The molecule has 1 aliphatic heterocycles. The minimum absolute atomic E-state index is 0.0361. The molecule has 0 radical (unpaired) electrons. The number of fused-ring (bicyclic) bond motifs is 3. The second kappa shape index (κ2) is 11.4. The van der Waals surface area contributed by atoms with Gasteiger partial charge in [0.2, 0.25) is 11.6 Å². The third-order valence-corrected chi connectivity index (χ3v) is 12.7. The molecule has 1 heterocycles. The van der Waals surface area contributed by atoms with Gasteiger partial charge in [-0.25, -0.2) is 22.0 Å². The molecule has 0 spiro atoms. The van der Waals surface area contributed by atoms with E-state index in [2.05, 4.69) is 0 Å². The molecule has 2 unspecified atom stereocenters. The molecule has 2 aromatic rings. The summed E-state index contributed by atoms with van der Waals surface area (Å²) in [5, 5.41) is 9.23. The van der Waals surface area contributed by atoms with E-state index in [1.807, 2.05) is 13.8 Å². The SMILES string of the molecule is CC(C)c1ccc(S(=O)(=O)C23CCN(C(=O)[C@H]4CC[C@](F)(C(=O)O)CC4)C2CCc2cc(C(F)(C(F)(F)F)C(F)(F)F)ccc23)cc1. The Morgan fingerprint density at radius 3 is 1.98 bits per heavy atom. The number of rotatable bonds is 6. The number of hydrogen-bond donors (Lipinski definition) is 1. The summed E-state index contributed by atoms with van der Waals surface area (Å²) in [5.74, 6) is -2.97. The van der Waals surface area contributed by atoms with Crippen LogP contribution in [0.3, 0.4) is 0 Å². The number of carboxylic acid groups (broad SMARTS) is 1. The molecule has 0 bridgehead atoms. The number of amides is 1. The second-order valence-corrected chi connectivity index (χ2v) is 15.2. The normalized spacial score (nSPS) is 27.0. The summed E-state index contributed by atoms with van der Waals surface area (Å²) in [5.41, 5.74) is -9.49. The molecule has 1 saturated carbocycles. The van der Waals surface area contributed by atoms with E-state index in [1.54, 1.807) is 12.1 Å². The molecule has 15 heteroatoms. The van der Waals surface area contributed by atoms with Crippen molar-refractivity contribution in [3.8, 4) is 0 Å². The molecule has 0 aromatic heterocycles. The zero-order valence-electron chi connectivity index (χ0n) is 25.4. The maximum Gasteiger partial charge on any atom is 0.435 e. The first-order valence-electron chi connectivity index (χ1n) is 15.2. The number of aryl methyl sites for hydroxylation is 1. The highest BCUT2D eigenvalue weighted by atomic mass is 32.2. The Labute approximate surface area is 266 Å². The van der Waals surface area contributed by atoms with Crippen LogP contribution in [0.15, 0.2) is 47.4 Å². The van der Waals surface area contributed by atoms with Gasteiger partial charge >= 0.3 is 24.0 Å². The van der Waals surface area contributed by atoms with Crippen molar-refractivity contribution in [3.05, 3.63) is 64.7 Å². The number of halogens is 8. The lowest BCUT2D eigenvalue weighted by Gasteiger charge is -2.44. The highest BCUT2D eigenvalue weighted by molar-refractivity contribution is 7.92. The van der Waals surface area contributed by atoms with Gasteiger partial charge in [0.25, 0.3) is 0 Å². The molecule has 1 saturated heterocycles. The molecule has 2 aromatic carbocycles. The number of aliphatic carboxylic acids is 1. The third kappa shape index (κ3) is 5.30. The molecular weight excluding hydrogens is 662 g/mol. The monoisotopic (exact) mass is 695 g/mol. The van der Waals surface area contributed by atoms with Crippen LogP contribution in [0.2, 0.25) is 0 Å². The lowest BCUT2D eigenvalue weighted by atomic mass is 9.76. The molecule has 2 atom stereocenters. The van der Waals surface area contributed by atoms with E-state index in [1.165, 1.54) is 17.0 Å². The minimum atomic E-state index is -6.37. The van der Waals surface area contributed by atoms with Crippen molar-refractivity contribution in [2.75, 3.05) is 6.54 Å². The van der Waals surface area contributed by atoms with Crippen molar-refractivity contribution in [1.82, 2.24) is 4.90 Å². The molecule has 5 rings (SSSR count). The minimum Gasteiger partial charge on any atom is -0.479 e. The predicted molar refractivity (Wildman–Crippen MR) is 153 cm³/mol. The van der Waals surface area contributed by atoms with Crippen molar-refractivity contribution >= 4 is 21.7 Å². The standard InChI is InChI=1S/C32H33F8NO5S/c1-18(2)19-3-7-23(8-4-19)47(45,46)29-15-16-41(26(42)20-11-13-28(33,14-12-20)27(43)44)25(29)10-5-21-17-22(6-9-24(21)29)30(34,31(35,36)37)32(38,39)40/h3-4,6-9,17-18,20,25H,5,10-16H2,1-2H3,(H,43,44)/t20-,25?,28+,29?. The van der Waals surface area contributed by atoms with E-state index in [4.69, 9.17) is 0 Å². The fourth-order valence-corrected chi connectivity index (χ4v) is 9.87. The molecular formula is C32H33F8NO5S. The number of benzene rings is 2. The zero-order valence-corrected chi connectivity index (χ0v) is 26.2. The summed E-state index contributed by atoms with van der Waals surface area (Å²) in [6.07, 6.45) is -14.5. The number of alkyl halides is 8. The van der Waals surface area contributed by atoms with Crippen LogP contribution in [-0.4, -0.2) is 60.9 Å². The maximum atomic E-state index is 15.1. The van der Waals surface area contributed by atoms with E-state index in [9.17, 15) is 53.8 Å². The van der Waals surface area contributed by atoms with Crippen LogP contribution in [0.4, 0.5) is 35.1 Å². The largest absolute Gasteiger partial charge is 0.479 e. The quantitative estimate of drug-likeness (QED) is 0.321. The van der Waals surface area contributed by atoms with E-state index >= 15 is 4.39 Å². The first-order chi connectivity index (χ1) is 21.6. The summed E-state index contributed by atoms with van der Waals surface area (Å²) in [6.45, 7) is 3.62. The number of likely N-dealkylation sites (tertiary alicyclic amines) is 1. The van der Waals surface area contributed by atoms with Crippen LogP contribution < -0.4 is 0 Å². The van der Waals surface area contributed by atoms with Gasteiger partial charge in [0, 0.05) is 18.0 Å². The topological polar surface area (TPSA) is 91.8 Å². The summed E-state index contributed by atoms with van der Waals surface area (Å²) in [7, 11) is -4.52. The van der Waals surface area contributed by atoms with Gasteiger partial charge in [0.05, 0.1) is 10.9 Å². The summed E-state index contributed by atoms with van der Waals surface area (Å²) in [4.78, 5) is 26.4. The average Bonchev–Trinajstić information content (AvgIpc) is 3.41. The predicted octanol–water partition coefficient (Wildman–Crippen LogP) is 7.30. The number of carbonyl (C=O) groups is 2. The lowest BCUT2D eigenvalue weighted by Crippen LogP contribution is -2.54. The fraction of sp³-hybridized carbons (Fsp3) is 0.562. The molecule has 6 nitrogen and oxygen atoms in total. The Morgan fingerprint density at radius 1 is 0.894 bits per heavy atom. The highest BCUT2D eigenvalue weighted by Gasteiger charge is 2.74. The van der Waals surface area contributed by atoms with E-state index in [-0.39, 0.29) is 60.6 Å². The number of sulfone groups is 1. The second-order valence-electron chi connectivity index (χ2n) is 13.0. The number of nitrogens with zero attached hydrogens (tertiary/aromatic N) is 1. The molecule has 47 heavy (non-hydrogen) atoms. The van der Waals surface area contributed by atoms with Crippen LogP contribution in [-0.2, 0) is 36.3 Å². The Kier molecular flexibility index (Phi) is 8.54. The molecule has 258 valence electrons. The van der Waals surface area contributed by atoms with Gasteiger partial charge in [-0.3, -0.25) is 4.79 Å². The van der Waals surface area contributed by atoms with Crippen molar-refractivity contribution in [3.63, 3.8) is 0 Å².